The van der Waals surface area contributed by atoms with E-state index in [4.69, 9.17) is 4.74 Å². The summed E-state index contributed by atoms with van der Waals surface area (Å²) in [5.41, 5.74) is 1.24. The van der Waals surface area contributed by atoms with Crippen LogP contribution in [0.5, 0.6) is 0 Å². The van der Waals surface area contributed by atoms with Crippen LogP contribution in [0.4, 0.5) is 4.79 Å². The van der Waals surface area contributed by atoms with Gasteiger partial charge >= 0.3 is 6.03 Å². The number of benzene rings is 1. The number of aryl methyl sites for hydroxylation is 1. The molecule has 3 rings (SSSR count). The van der Waals surface area contributed by atoms with Crippen molar-refractivity contribution in [2.45, 2.75) is 45.2 Å². The molecule has 0 saturated carbocycles. The van der Waals surface area contributed by atoms with E-state index in [1.165, 1.54) is 5.56 Å². The smallest absolute Gasteiger partial charge is 0.321 e. The standard InChI is InChI=1S/C24H36N4O4/c1-18(2)14-21-23(30)26(12-13-32-3)15-20-16-27(24(31)28(20)21)17-22(29)25-11-7-10-19-8-5-4-6-9-19/h4-6,8-9,18,20-21H,7,10-17H2,1-3H3,(H,25,29)/t20-,21-/m0/s1. The zero-order valence-electron chi connectivity index (χ0n) is 19.5. The Morgan fingerprint density at radius 1 is 1.16 bits per heavy atom. The van der Waals surface area contributed by atoms with Crippen molar-refractivity contribution in [3.05, 3.63) is 35.9 Å². The Bertz CT molecular complexity index is 785. The van der Waals surface area contributed by atoms with Crippen LogP contribution < -0.4 is 5.32 Å². The third kappa shape index (κ3) is 6.00. The molecule has 0 bridgehead atoms. The summed E-state index contributed by atoms with van der Waals surface area (Å²) in [5.74, 6) is 0.100. The minimum absolute atomic E-state index is 0.0208. The molecule has 8 nitrogen and oxygen atoms in total. The highest BCUT2D eigenvalue weighted by atomic mass is 16.5. The first kappa shape index (κ1) is 24.0. The van der Waals surface area contributed by atoms with Crippen molar-refractivity contribution in [1.82, 2.24) is 20.0 Å². The molecule has 0 aromatic heterocycles. The van der Waals surface area contributed by atoms with Gasteiger partial charge in [0.15, 0.2) is 0 Å². The van der Waals surface area contributed by atoms with Crippen LogP contribution in [0, 0.1) is 5.92 Å². The van der Waals surface area contributed by atoms with E-state index in [0.29, 0.717) is 39.2 Å². The van der Waals surface area contributed by atoms with Crippen molar-refractivity contribution < 1.29 is 19.1 Å². The molecule has 0 unspecified atom stereocenters. The van der Waals surface area contributed by atoms with Gasteiger partial charge in [0.1, 0.15) is 12.6 Å². The summed E-state index contributed by atoms with van der Waals surface area (Å²) >= 11 is 0. The molecule has 0 spiro atoms. The van der Waals surface area contributed by atoms with Crippen molar-refractivity contribution in [2.75, 3.05) is 46.4 Å². The van der Waals surface area contributed by atoms with Crippen molar-refractivity contribution in [2.24, 2.45) is 5.92 Å². The highest BCUT2D eigenvalue weighted by Gasteiger charge is 2.49. The lowest BCUT2D eigenvalue weighted by molar-refractivity contribution is -0.143. The molecule has 176 valence electrons. The van der Waals surface area contributed by atoms with Crippen LogP contribution in [0.3, 0.4) is 0 Å². The summed E-state index contributed by atoms with van der Waals surface area (Å²) in [6.07, 6.45) is 2.36. The second-order valence-corrected chi connectivity index (χ2v) is 9.09. The quantitative estimate of drug-likeness (QED) is 0.527. The Morgan fingerprint density at radius 2 is 1.88 bits per heavy atom. The molecule has 0 aliphatic carbocycles. The molecule has 1 aromatic carbocycles. The van der Waals surface area contributed by atoms with Gasteiger partial charge < -0.3 is 24.8 Å². The fourth-order valence-electron chi connectivity index (χ4n) is 4.54. The summed E-state index contributed by atoms with van der Waals surface area (Å²) in [5, 5.41) is 2.93. The maximum absolute atomic E-state index is 13.1. The van der Waals surface area contributed by atoms with Crippen LogP contribution in [-0.2, 0) is 20.7 Å². The fourth-order valence-corrected chi connectivity index (χ4v) is 4.54. The van der Waals surface area contributed by atoms with E-state index in [9.17, 15) is 14.4 Å². The van der Waals surface area contributed by atoms with Gasteiger partial charge in [-0.25, -0.2) is 4.79 Å². The number of ether oxygens (including phenoxy) is 1. The molecule has 2 aliphatic rings. The van der Waals surface area contributed by atoms with E-state index in [1.807, 2.05) is 18.2 Å². The number of piperazine rings is 1. The molecular weight excluding hydrogens is 408 g/mol. The van der Waals surface area contributed by atoms with E-state index < -0.39 is 6.04 Å². The van der Waals surface area contributed by atoms with Crippen molar-refractivity contribution in [3.8, 4) is 0 Å². The third-order valence-electron chi connectivity index (χ3n) is 6.08. The molecule has 4 amide bonds. The molecule has 1 N–H and O–H groups in total. The zero-order chi connectivity index (χ0) is 23.1. The summed E-state index contributed by atoms with van der Waals surface area (Å²) in [6.45, 7) is 6.63. The second-order valence-electron chi connectivity index (χ2n) is 9.09. The van der Waals surface area contributed by atoms with Crippen LogP contribution in [-0.4, -0.2) is 91.1 Å². The maximum atomic E-state index is 13.1. The second kappa shape index (κ2) is 11.3. The Labute approximate surface area is 190 Å². The number of methoxy groups -OCH3 is 1. The minimum atomic E-state index is -0.475. The van der Waals surface area contributed by atoms with Gasteiger partial charge in [0.2, 0.25) is 11.8 Å². The molecule has 0 radical (unpaired) electrons. The Hall–Kier alpha value is -2.61. The zero-order valence-corrected chi connectivity index (χ0v) is 19.5. The number of nitrogens with one attached hydrogen (secondary N) is 1. The number of fused-ring (bicyclic) bond motifs is 1. The maximum Gasteiger partial charge on any atom is 0.321 e. The molecule has 2 atom stereocenters. The predicted octanol–water partition coefficient (Wildman–Crippen LogP) is 1.74. The lowest BCUT2D eigenvalue weighted by atomic mass is 9.97. The molecule has 2 heterocycles. The van der Waals surface area contributed by atoms with Gasteiger partial charge in [0.05, 0.1) is 12.6 Å². The van der Waals surface area contributed by atoms with Crippen LogP contribution in [0.15, 0.2) is 30.3 Å². The summed E-state index contributed by atoms with van der Waals surface area (Å²) < 4.78 is 5.15. The number of rotatable bonds is 11. The van der Waals surface area contributed by atoms with E-state index in [2.05, 4.69) is 31.3 Å². The number of amides is 4. The highest BCUT2D eigenvalue weighted by molar-refractivity contribution is 5.91. The highest BCUT2D eigenvalue weighted by Crippen LogP contribution is 2.28. The average Bonchev–Trinajstić information content (AvgIpc) is 3.07. The average molecular weight is 445 g/mol. The molecule has 8 heteroatoms. The van der Waals surface area contributed by atoms with Crippen LogP contribution in [0.2, 0.25) is 0 Å². The number of urea groups is 1. The summed E-state index contributed by atoms with van der Waals surface area (Å²) in [6, 6.07) is 9.38. The van der Waals surface area contributed by atoms with Crippen LogP contribution in [0.25, 0.3) is 0 Å². The van der Waals surface area contributed by atoms with Gasteiger partial charge in [-0.2, -0.15) is 0 Å². The SMILES string of the molecule is COCCN1C[C@H]2CN(CC(=O)NCCCc3ccccc3)C(=O)N2[C@@H](CC(C)C)C1=O. The third-order valence-corrected chi connectivity index (χ3v) is 6.08. The summed E-state index contributed by atoms with van der Waals surface area (Å²) in [7, 11) is 1.62. The fraction of sp³-hybridized carbons (Fsp3) is 0.625. The van der Waals surface area contributed by atoms with Gasteiger partial charge in [-0.1, -0.05) is 44.2 Å². The van der Waals surface area contributed by atoms with Gasteiger partial charge in [0, 0.05) is 33.3 Å². The van der Waals surface area contributed by atoms with Crippen molar-refractivity contribution in [3.63, 3.8) is 0 Å². The number of carbonyl (C=O) groups is 3. The van der Waals surface area contributed by atoms with Crippen LogP contribution >= 0.6 is 0 Å². The van der Waals surface area contributed by atoms with Gasteiger partial charge in [0.25, 0.3) is 0 Å². The monoisotopic (exact) mass is 444 g/mol. The first-order chi connectivity index (χ1) is 15.4. The largest absolute Gasteiger partial charge is 0.383 e. The Morgan fingerprint density at radius 3 is 2.56 bits per heavy atom. The van der Waals surface area contributed by atoms with E-state index in [0.717, 1.165) is 12.8 Å². The molecule has 32 heavy (non-hydrogen) atoms. The predicted molar refractivity (Wildman–Crippen MR) is 122 cm³/mol. The molecule has 2 aliphatic heterocycles. The Balaban J connectivity index is 1.54. The van der Waals surface area contributed by atoms with Crippen molar-refractivity contribution in [1.29, 1.82) is 0 Å². The topological polar surface area (TPSA) is 82.2 Å². The number of nitrogens with zero attached hydrogens (tertiary/aromatic N) is 3. The van der Waals surface area contributed by atoms with E-state index in [1.54, 1.807) is 21.8 Å². The van der Waals surface area contributed by atoms with Crippen molar-refractivity contribution >= 4 is 17.8 Å². The first-order valence-corrected chi connectivity index (χ1v) is 11.6. The molecule has 2 saturated heterocycles. The molecular formula is C24H36N4O4. The lowest BCUT2D eigenvalue weighted by Gasteiger charge is -2.42. The Kier molecular flexibility index (Phi) is 8.50. The van der Waals surface area contributed by atoms with Gasteiger partial charge in [-0.05, 0) is 30.7 Å². The minimum Gasteiger partial charge on any atom is -0.383 e. The number of carbonyl (C=O) groups excluding carboxylic acids is 3. The van der Waals surface area contributed by atoms with E-state index in [-0.39, 0.29) is 36.3 Å². The molecule has 2 fully saturated rings. The van der Waals surface area contributed by atoms with Crippen LogP contribution in [0.1, 0.15) is 32.3 Å². The summed E-state index contributed by atoms with van der Waals surface area (Å²) in [4.78, 5) is 43.8. The first-order valence-electron chi connectivity index (χ1n) is 11.6. The van der Waals surface area contributed by atoms with Gasteiger partial charge in [-0.3, -0.25) is 9.59 Å². The van der Waals surface area contributed by atoms with Gasteiger partial charge in [-0.15, -0.1) is 0 Å². The van der Waals surface area contributed by atoms with E-state index >= 15 is 0 Å². The molecule has 1 aromatic rings. The lowest BCUT2D eigenvalue weighted by Crippen LogP contribution is -2.61. The number of hydrogen-bond donors (Lipinski definition) is 1. The normalized spacial score (nSPS) is 20.8. The number of hydrogen-bond acceptors (Lipinski definition) is 4.